The molecule has 0 bridgehead atoms. The number of hydrogen-bond acceptors (Lipinski definition) is 4. The fourth-order valence-corrected chi connectivity index (χ4v) is 2.50. The molecule has 1 heterocycles. The second-order valence-corrected chi connectivity index (χ2v) is 5.19. The van der Waals surface area contributed by atoms with Gasteiger partial charge in [0.05, 0.1) is 20.3 Å². The van der Waals surface area contributed by atoms with E-state index in [1.807, 2.05) is 25.1 Å². The number of morpholine rings is 1. The van der Waals surface area contributed by atoms with Crippen molar-refractivity contribution in [1.82, 2.24) is 4.90 Å². The average Bonchev–Trinajstić information content (AvgIpc) is 2.52. The molecular formula is C16H21NO4. The topological polar surface area (TPSA) is 55.8 Å². The van der Waals surface area contributed by atoms with E-state index >= 15 is 0 Å². The Kier molecular flexibility index (Phi) is 5.33. The lowest BCUT2D eigenvalue weighted by Gasteiger charge is -2.33. The Balaban J connectivity index is 1.96. The van der Waals surface area contributed by atoms with Crippen LogP contribution in [0.15, 0.2) is 24.3 Å². The van der Waals surface area contributed by atoms with Gasteiger partial charge in [-0.05, 0) is 18.9 Å². The van der Waals surface area contributed by atoms with E-state index in [1.165, 1.54) is 12.7 Å². The Bertz CT molecular complexity index is 515. The summed E-state index contributed by atoms with van der Waals surface area (Å²) in [5.41, 5.74) is 2.31. The van der Waals surface area contributed by atoms with Gasteiger partial charge in [0.2, 0.25) is 5.91 Å². The first-order valence-electron chi connectivity index (χ1n) is 7.12. The lowest BCUT2D eigenvalue weighted by atomic mass is 10.1. The minimum absolute atomic E-state index is 0.0322. The van der Waals surface area contributed by atoms with Gasteiger partial charge in [0.1, 0.15) is 0 Å². The van der Waals surface area contributed by atoms with Gasteiger partial charge in [0.15, 0.2) is 6.04 Å². The Hall–Kier alpha value is -1.88. The predicted octanol–water partition coefficient (Wildman–Crippen LogP) is 1.33. The summed E-state index contributed by atoms with van der Waals surface area (Å²) < 4.78 is 10.0. The largest absolute Gasteiger partial charge is 0.467 e. The molecule has 0 spiro atoms. The van der Waals surface area contributed by atoms with E-state index in [9.17, 15) is 9.59 Å². The van der Waals surface area contributed by atoms with E-state index in [0.29, 0.717) is 26.0 Å². The molecule has 1 aliphatic heterocycles. The Morgan fingerprint density at radius 1 is 1.43 bits per heavy atom. The molecule has 1 fully saturated rings. The van der Waals surface area contributed by atoms with Crippen molar-refractivity contribution < 1.29 is 19.1 Å². The van der Waals surface area contributed by atoms with Crippen molar-refractivity contribution in [3.8, 4) is 0 Å². The van der Waals surface area contributed by atoms with Gasteiger partial charge in [-0.2, -0.15) is 0 Å². The molecule has 5 nitrogen and oxygen atoms in total. The minimum Gasteiger partial charge on any atom is -0.467 e. The number of esters is 1. The summed E-state index contributed by atoms with van der Waals surface area (Å²) in [4.78, 5) is 25.6. The number of aryl methyl sites for hydroxylation is 2. The molecule has 1 atom stereocenters. The zero-order chi connectivity index (χ0) is 15.2. The van der Waals surface area contributed by atoms with E-state index in [4.69, 9.17) is 9.47 Å². The van der Waals surface area contributed by atoms with Gasteiger partial charge in [-0.25, -0.2) is 4.79 Å². The van der Waals surface area contributed by atoms with Crippen molar-refractivity contribution in [2.75, 3.05) is 26.9 Å². The summed E-state index contributed by atoms with van der Waals surface area (Å²) in [6.07, 6.45) is 1.06. The lowest BCUT2D eigenvalue weighted by Crippen LogP contribution is -2.53. The Morgan fingerprint density at radius 3 is 2.95 bits per heavy atom. The molecule has 114 valence electrons. The molecule has 0 radical (unpaired) electrons. The van der Waals surface area contributed by atoms with Crippen LogP contribution in [-0.4, -0.2) is 49.7 Å². The van der Waals surface area contributed by atoms with Gasteiger partial charge >= 0.3 is 5.97 Å². The van der Waals surface area contributed by atoms with Crippen molar-refractivity contribution in [2.45, 2.75) is 25.8 Å². The first kappa shape index (κ1) is 15.5. The maximum Gasteiger partial charge on any atom is 0.331 e. The molecular weight excluding hydrogens is 270 g/mol. The maximum absolute atomic E-state index is 12.3. The van der Waals surface area contributed by atoms with Crippen LogP contribution in [0.5, 0.6) is 0 Å². The number of carbonyl (C=O) groups excluding carboxylic acids is 2. The molecule has 5 heteroatoms. The van der Waals surface area contributed by atoms with Crippen molar-refractivity contribution in [3.63, 3.8) is 0 Å². The Morgan fingerprint density at radius 2 is 2.24 bits per heavy atom. The van der Waals surface area contributed by atoms with E-state index in [1.54, 1.807) is 4.90 Å². The number of carbonyl (C=O) groups is 2. The van der Waals surface area contributed by atoms with Crippen LogP contribution in [0.3, 0.4) is 0 Å². The molecule has 1 aliphatic rings. The molecule has 1 unspecified atom stereocenters. The fourth-order valence-electron chi connectivity index (χ4n) is 2.50. The van der Waals surface area contributed by atoms with Gasteiger partial charge in [0, 0.05) is 13.0 Å². The lowest BCUT2D eigenvalue weighted by molar-refractivity contribution is -0.160. The van der Waals surface area contributed by atoms with Crippen LogP contribution < -0.4 is 0 Å². The predicted molar refractivity (Wildman–Crippen MR) is 77.8 cm³/mol. The molecule has 0 saturated carbocycles. The van der Waals surface area contributed by atoms with Crippen LogP contribution in [0.4, 0.5) is 0 Å². The number of methoxy groups -OCH3 is 1. The van der Waals surface area contributed by atoms with Crippen molar-refractivity contribution >= 4 is 11.9 Å². The molecule has 0 aliphatic carbocycles. The number of benzene rings is 1. The number of rotatable bonds is 4. The van der Waals surface area contributed by atoms with Crippen LogP contribution in [0.25, 0.3) is 0 Å². The molecule has 1 amide bonds. The van der Waals surface area contributed by atoms with Crippen LogP contribution in [0, 0.1) is 6.92 Å². The quantitative estimate of drug-likeness (QED) is 0.785. The Labute approximate surface area is 124 Å². The normalized spacial score (nSPS) is 18.4. The molecule has 21 heavy (non-hydrogen) atoms. The highest BCUT2D eigenvalue weighted by Crippen LogP contribution is 2.13. The molecule has 1 saturated heterocycles. The smallest absolute Gasteiger partial charge is 0.331 e. The number of nitrogens with zero attached hydrogens (tertiary/aromatic N) is 1. The third-order valence-corrected chi connectivity index (χ3v) is 3.63. The fraction of sp³-hybridized carbons (Fsp3) is 0.500. The van der Waals surface area contributed by atoms with Crippen LogP contribution in [0.2, 0.25) is 0 Å². The second-order valence-electron chi connectivity index (χ2n) is 5.19. The van der Waals surface area contributed by atoms with Crippen molar-refractivity contribution in [3.05, 3.63) is 35.4 Å². The highest BCUT2D eigenvalue weighted by molar-refractivity contribution is 5.85. The van der Waals surface area contributed by atoms with Gasteiger partial charge in [0.25, 0.3) is 0 Å². The first-order valence-corrected chi connectivity index (χ1v) is 7.12. The summed E-state index contributed by atoms with van der Waals surface area (Å²) in [6, 6.07) is 7.48. The minimum atomic E-state index is -0.617. The van der Waals surface area contributed by atoms with E-state index in [-0.39, 0.29) is 12.5 Å². The number of ether oxygens (including phenoxy) is 2. The summed E-state index contributed by atoms with van der Waals surface area (Å²) in [5.74, 6) is -0.450. The second kappa shape index (κ2) is 7.22. The zero-order valence-electron chi connectivity index (χ0n) is 12.5. The molecule has 0 aromatic heterocycles. The first-order chi connectivity index (χ1) is 10.1. The van der Waals surface area contributed by atoms with Gasteiger partial charge in [-0.3, -0.25) is 4.79 Å². The molecule has 2 rings (SSSR count). The standard InChI is InChI=1S/C16H21NO4/c1-12-4-3-5-13(10-12)6-7-15(18)17-8-9-21-11-14(17)16(19)20-2/h3-5,10,14H,6-9,11H2,1-2H3. The molecule has 1 aromatic carbocycles. The highest BCUT2D eigenvalue weighted by atomic mass is 16.5. The van der Waals surface area contributed by atoms with E-state index in [0.717, 1.165) is 5.56 Å². The molecule has 1 aromatic rings. The number of hydrogen-bond donors (Lipinski definition) is 0. The van der Waals surface area contributed by atoms with Gasteiger partial charge < -0.3 is 14.4 Å². The van der Waals surface area contributed by atoms with Crippen LogP contribution in [-0.2, 0) is 25.5 Å². The third kappa shape index (κ3) is 4.04. The summed E-state index contributed by atoms with van der Waals surface area (Å²) in [6.45, 7) is 3.14. The molecule has 0 N–H and O–H groups in total. The van der Waals surface area contributed by atoms with E-state index in [2.05, 4.69) is 6.07 Å². The summed E-state index contributed by atoms with van der Waals surface area (Å²) >= 11 is 0. The van der Waals surface area contributed by atoms with Gasteiger partial charge in [-0.15, -0.1) is 0 Å². The van der Waals surface area contributed by atoms with Crippen LogP contribution in [0.1, 0.15) is 17.5 Å². The highest BCUT2D eigenvalue weighted by Gasteiger charge is 2.33. The maximum atomic E-state index is 12.3. The van der Waals surface area contributed by atoms with Crippen molar-refractivity contribution in [1.29, 1.82) is 0 Å². The summed E-state index contributed by atoms with van der Waals surface area (Å²) in [5, 5.41) is 0. The number of amides is 1. The summed E-state index contributed by atoms with van der Waals surface area (Å²) in [7, 11) is 1.33. The van der Waals surface area contributed by atoms with Crippen LogP contribution >= 0.6 is 0 Å². The average molecular weight is 291 g/mol. The van der Waals surface area contributed by atoms with Crippen molar-refractivity contribution in [2.24, 2.45) is 0 Å². The van der Waals surface area contributed by atoms with E-state index < -0.39 is 12.0 Å². The van der Waals surface area contributed by atoms with Gasteiger partial charge in [-0.1, -0.05) is 29.8 Å². The monoisotopic (exact) mass is 291 g/mol. The third-order valence-electron chi connectivity index (χ3n) is 3.63. The SMILES string of the molecule is COC(=O)C1COCCN1C(=O)CCc1cccc(C)c1. The zero-order valence-corrected chi connectivity index (χ0v) is 12.5.